The number of carbonyl (C=O) groups is 5. The van der Waals surface area contributed by atoms with Gasteiger partial charge in [0.2, 0.25) is 17.6 Å². The maximum absolute atomic E-state index is 15.0. The largest absolute Gasteiger partial charge is 0.346 e. The van der Waals surface area contributed by atoms with E-state index in [1.54, 1.807) is 4.90 Å². The summed E-state index contributed by atoms with van der Waals surface area (Å²) in [6.45, 7) is 11.0. The average molecular weight is 718 g/mol. The maximum atomic E-state index is 15.0. The predicted molar refractivity (Wildman–Crippen MR) is 200 cm³/mol. The van der Waals surface area contributed by atoms with E-state index in [-0.39, 0.29) is 65.4 Å². The molecular formula is C42H63N5O5. The molecule has 1 spiro atoms. The van der Waals surface area contributed by atoms with Crippen molar-refractivity contribution in [3.05, 3.63) is 12.7 Å². The van der Waals surface area contributed by atoms with Crippen molar-refractivity contribution in [3.63, 3.8) is 0 Å². The van der Waals surface area contributed by atoms with Gasteiger partial charge in [-0.25, -0.2) is 4.79 Å². The monoisotopic (exact) mass is 717 g/mol. The van der Waals surface area contributed by atoms with Crippen LogP contribution in [0.5, 0.6) is 0 Å². The van der Waals surface area contributed by atoms with Gasteiger partial charge in [0.15, 0.2) is 0 Å². The Morgan fingerprint density at radius 2 is 1.69 bits per heavy atom. The van der Waals surface area contributed by atoms with E-state index in [9.17, 15) is 24.0 Å². The van der Waals surface area contributed by atoms with Gasteiger partial charge in [0.25, 0.3) is 5.91 Å². The van der Waals surface area contributed by atoms with Gasteiger partial charge in [0.1, 0.15) is 12.1 Å². The van der Waals surface area contributed by atoms with Gasteiger partial charge < -0.3 is 26.2 Å². The molecule has 4 unspecified atom stereocenters. The lowest BCUT2D eigenvalue weighted by Crippen LogP contribution is -2.61. The van der Waals surface area contributed by atoms with E-state index in [0.29, 0.717) is 18.4 Å². The second kappa shape index (κ2) is 15.6. The highest BCUT2D eigenvalue weighted by molar-refractivity contribution is 6.38. The molecule has 5 aliphatic carbocycles. The van der Waals surface area contributed by atoms with E-state index in [1.807, 2.05) is 0 Å². The molecule has 52 heavy (non-hydrogen) atoms. The molecule has 10 heteroatoms. The van der Waals surface area contributed by atoms with Crippen molar-refractivity contribution >= 4 is 29.5 Å². The summed E-state index contributed by atoms with van der Waals surface area (Å²) in [5.41, 5.74) is 0.188. The molecular weight excluding hydrogens is 654 g/mol. The van der Waals surface area contributed by atoms with Crippen LogP contribution in [0.3, 0.4) is 0 Å². The summed E-state index contributed by atoms with van der Waals surface area (Å²) in [5.74, 6) is 1.87. The Bertz CT molecular complexity index is 1430. The minimum atomic E-state index is -1.10. The van der Waals surface area contributed by atoms with E-state index in [2.05, 4.69) is 54.5 Å². The fourth-order valence-electron chi connectivity index (χ4n) is 11.0. The molecule has 0 aromatic carbocycles. The summed E-state index contributed by atoms with van der Waals surface area (Å²) in [7, 11) is 0. The standard InChI is InChI=1S/C42H63N5O5/c1-6-8-18-32(35(48)37(50)43-23-7-2)44-36(49)34-28-24-29-30-25-42(29,30)31(28)26-47(34)38(51)33(27-16-11-9-12-17-27)45-39(52)46-41(20-13-10-14-21-41)22-15-19-40(3,4)5/h1,7,27-34H,2,8-26H2,3-5H3,(H,43,50)(H,44,49)(H2,45,46,52)/t28-,29?,30?,31-,32?,33-,34-,42?/m0/s1. The topological polar surface area (TPSA) is 137 Å². The molecule has 6 fully saturated rings. The number of amides is 5. The minimum absolute atomic E-state index is 0.0140. The lowest BCUT2D eigenvalue weighted by atomic mass is 9.76. The van der Waals surface area contributed by atoms with Gasteiger partial charge in [0.05, 0.1) is 6.04 Å². The Labute approximate surface area is 311 Å². The van der Waals surface area contributed by atoms with Crippen LogP contribution in [0.1, 0.15) is 130 Å². The molecule has 0 bridgehead atoms. The molecule has 6 aliphatic rings. The van der Waals surface area contributed by atoms with Gasteiger partial charge in [-0.05, 0) is 98.2 Å². The van der Waals surface area contributed by atoms with Crippen LogP contribution in [0.25, 0.3) is 0 Å². The van der Waals surface area contributed by atoms with Gasteiger partial charge in [-0.1, -0.05) is 71.8 Å². The van der Waals surface area contributed by atoms with Gasteiger partial charge in [-0.15, -0.1) is 18.9 Å². The van der Waals surface area contributed by atoms with E-state index < -0.39 is 35.7 Å². The number of hydrogen-bond acceptors (Lipinski definition) is 5. The Hall–Kier alpha value is -3.35. The number of nitrogens with zero attached hydrogens (tertiary/aromatic N) is 1. The Kier molecular flexibility index (Phi) is 11.5. The molecule has 4 N–H and O–H groups in total. The molecule has 1 aliphatic heterocycles. The number of terminal acetylenes is 1. The SMILES string of the molecule is C#CCCC(NC(=O)[C@@H]1[C@H]2CC3C4CC34[C@H]2CN1C(=O)[C@@H](NC(=O)NC1(CCCC(C)(C)C)CCCCC1)C1CCCCC1)C(=O)C(=O)NCC=C. The van der Waals surface area contributed by atoms with Crippen LogP contribution in [0.4, 0.5) is 4.79 Å². The second-order valence-electron chi connectivity index (χ2n) is 18.4. The summed E-state index contributed by atoms with van der Waals surface area (Å²) in [6.07, 6.45) is 22.5. The zero-order chi connectivity index (χ0) is 37.3. The molecule has 6 rings (SSSR count). The number of rotatable bonds is 15. The third-order valence-corrected chi connectivity index (χ3v) is 13.9. The number of fused-ring (bicyclic) bond motifs is 2. The fraction of sp³-hybridized carbons (Fsp3) is 0.786. The first-order chi connectivity index (χ1) is 24.8. The van der Waals surface area contributed by atoms with Crippen molar-refractivity contribution < 1.29 is 24.0 Å². The molecule has 1 saturated heterocycles. The fourth-order valence-corrected chi connectivity index (χ4v) is 11.0. The summed E-state index contributed by atoms with van der Waals surface area (Å²) >= 11 is 0. The third kappa shape index (κ3) is 7.94. The van der Waals surface area contributed by atoms with Gasteiger partial charge in [-0.3, -0.25) is 19.2 Å². The molecule has 0 aromatic rings. The van der Waals surface area contributed by atoms with Crippen LogP contribution in [0.2, 0.25) is 0 Å². The lowest BCUT2D eigenvalue weighted by molar-refractivity contribution is -0.144. The van der Waals surface area contributed by atoms with E-state index in [0.717, 1.165) is 89.9 Å². The zero-order valence-electron chi connectivity index (χ0n) is 31.9. The van der Waals surface area contributed by atoms with Crippen LogP contribution in [-0.2, 0) is 19.2 Å². The number of likely N-dealkylation sites (tertiary alicyclic amines) is 1. The Morgan fingerprint density at radius 1 is 0.981 bits per heavy atom. The molecule has 5 saturated carbocycles. The molecule has 286 valence electrons. The number of ketones is 1. The summed E-state index contributed by atoms with van der Waals surface area (Å²) in [5, 5.41) is 12.0. The summed E-state index contributed by atoms with van der Waals surface area (Å²) in [6, 6.07) is -2.89. The van der Waals surface area contributed by atoms with Crippen molar-refractivity contribution in [2.24, 2.45) is 40.4 Å². The van der Waals surface area contributed by atoms with Crippen molar-refractivity contribution in [1.29, 1.82) is 0 Å². The van der Waals surface area contributed by atoms with Crippen LogP contribution in [0.15, 0.2) is 12.7 Å². The quantitative estimate of drug-likeness (QED) is 0.102. The van der Waals surface area contributed by atoms with Gasteiger partial charge >= 0.3 is 6.03 Å². The van der Waals surface area contributed by atoms with Gasteiger partial charge in [-0.2, -0.15) is 0 Å². The molecule has 0 radical (unpaired) electrons. The van der Waals surface area contributed by atoms with Crippen LogP contribution >= 0.6 is 0 Å². The number of urea groups is 1. The molecule has 10 nitrogen and oxygen atoms in total. The Balaban J connectivity index is 1.22. The normalized spacial score (nSPS) is 31.0. The first-order valence-electron chi connectivity index (χ1n) is 20.4. The van der Waals surface area contributed by atoms with Crippen molar-refractivity contribution in [3.8, 4) is 12.3 Å². The van der Waals surface area contributed by atoms with Crippen molar-refractivity contribution in [1.82, 2.24) is 26.2 Å². The van der Waals surface area contributed by atoms with Crippen LogP contribution in [-0.4, -0.2) is 71.2 Å². The first kappa shape index (κ1) is 38.4. The second-order valence-corrected chi connectivity index (χ2v) is 18.4. The number of nitrogens with one attached hydrogen (secondary N) is 4. The van der Waals surface area contributed by atoms with Crippen molar-refractivity contribution in [2.75, 3.05) is 13.1 Å². The van der Waals surface area contributed by atoms with Crippen molar-refractivity contribution in [2.45, 2.75) is 154 Å². The molecule has 5 amide bonds. The van der Waals surface area contributed by atoms with Gasteiger partial charge in [0, 0.05) is 25.0 Å². The number of hydrogen-bond donors (Lipinski definition) is 4. The Morgan fingerprint density at radius 3 is 2.35 bits per heavy atom. The molecule has 1 heterocycles. The van der Waals surface area contributed by atoms with E-state index >= 15 is 0 Å². The smallest absolute Gasteiger partial charge is 0.315 e. The first-order valence-corrected chi connectivity index (χ1v) is 20.4. The van der Waals surface area contributed by atoms with E-state index in [4.69, 9.17) is 6.42 Å². The average Bonchev–Trinajstić information content (AvgIpc) is 3.92. The minimum Gasteiger partial charge on any atom is -0.346 e. The summed E-state index contributed by atoms with van der Waals surface area (Å²) < 4.78 is 0. The molecule has 8 atom stereocenters. The zero-order valence-corrected chi connectivity index (χ0v) is 31.9. The number of carbonyl (C=O) groups excluding carboxylic acids is 5. The maximum Gasteiger partial charge on any atom is 0.315 e. The predicted octanol–water partition coefficient (Wildman–Crippen LogP) is 5.41. The third-order valence-electron chi connectivity index (χ3n) is 13.9. The van der Waals surface area contributed by atoms with Crippen LogP contribution in [0, 0.1) is 52.8 Å². The highest BCUT2D eigenvalue weighted by Crippen LogP contribution is 2.90. The van der Waals surface area contributed by atoms with Crippen LogP contribution < -0.4 is 21.3 Å². The highest BCUT2D eigenvalue weighted by atomic mass is 16.2. The molecule has 0 aromatic heterocycles. The highest BCUT2D eigenvalue weighted by Gasteiger charge is 2.87. The lowest BCUT2D eigenvalue weighted by Gasteiger charge is -2.40. The summed E-state index contributed by atoms with van der Waals surface area (Å²) in [4.78, 5) is 71.1. The van der Waals surface area contributed by atoms with E-state index in [1.165, 1.54) is 12.5 Å². The number of Topliss-reactive ketones (excluding diaryl/α,β-unsaturated/α-hetero) is 1.